The van der Waals surface area contributed by atoms with Gasteiger partial charge in [-0.2, -0.15) is 0 Å². The lowest BCUT2D eigenvalue weighted by Gasteiger charge is -2.39. The maximum absolute atomic E-state index is 2.50. The molecule has 2 saturated carbocycles. The second kappa shape index (κ2) is 3.87. The van der Waals surface area contributed by atoms with Gasteiger partial charge in [-0.1, -0.05) is 34.1 Å². The minimum absolute atomic E-state index is 0.913. The maximum Gasteiger partial charge on any atom is -0.0327 e. The van der Waals surface area contributed by atoms with E-state index < -0.39 is 0 Å². The molecule has 0 heterocycles. The lowest BCUT2D eigenvalue weighted by atomic mass is 9.66. The first-order valence-corrected chi connectivity index (χ1v) is 6.61. The summed E-state index contributed by atoms with van der Waals surface area (Å²) in [6.45, 7) is 9.86. The second-order valence-electron chi connectivity index (χ2n) is 6.27. The summed E-state index contributed by atoms with van der Waals surface area (Å²) in [7, 11) is 0. The highest BCUT2D eigenvalue weighted by molar-refractivity contribution is 4.94. The van der Waals surface area contributed by atoms with E-state index >= 15 is 0 Å². The fraction of sp³-hybridized carbons (Fsp3) is 1.00. The molecule has 2 aliphatic carbocycles. The van der Waals surface area contributed by atoms with Crippen molar-refractivity contribution in [3.8, 4) is 0 Å². The molecule has 0 bridgehead atoms. The van der Waals surface area contributed by atoms with Gasteiger partial charge in [-0.25, -0.2) is 0 Å². The SMILES string of the molecule is CC(C)C1CCCC2C(C)CC(C)C12. The topological polar surface area (TPSA) is 0 Å². The first-order valence-electron chi connectivity index (χ1n) is 6.61. The molecule has 0 aromatic carbocycles. The number of hydrogen-bond donors (Lipinski definition) is 0. The fourth-order valence-electron chi connectivity index (χ4n) is 4.50. The van der Waals surface area contributed by atoms with Crippen molar-refractivity contribution in [1.29, 1.82) is 0 Å². The maximum atomic E-state index is 2.50. The number of fused-ring (bicyclic) bond motifs is 1. The zero-order chi connectivity index (χ0) is 10.3. The molecule has 2 rings (SSSR count). The Morgan fingerprint density at radius 3 is 2.36 bits per heavy atom. The molecular weight excluding hydrogens is 168 g/mol. The molecule has 14 heavy (non-hydrogen) atoms. The molecule has 0 N–H and O–H groups in total. The third-order valence-electron chi connectivity index (χ3n) is 5.05. The molecule has 2 fully saturated rings. The molecule has 5 atom stereocenters. The van der Waals surface area contributed by atoms with Gasteiger partial charge in [0.05, 0.1) is 0 Å². The van der Waals surface area contributed by atoms with Crippen LogP contribution in [0.15, 0.2) is 0 Å². The second-order valence-corrected chi connectivity index (χ2v) is 6.27. The molecule has 0 aromatic rings. The molecule has 0 radical (unpaired) electrons. The van der Waals surface area contributed by atoms with Crippen molar-refractivity contribution in [3.05, 3.63) is 0 Å². The van der Waals surface area contributed by atoms with Crippen molar-refractivity contribution in [2.45, 2.75) is 53.4 Å². The van der Waals surface area contributed by atoms with Crippen LogP contribution >= 0.6 is 0 Å². The summed E-state index contributed by atoms with van der Waals surface area (Å²) in [5.41, 5.74) is 0. The number of hydrogen-bond acceptors (Lipinski definition) is 0. The first-order chi connectivity index (χ1) is 6.61. The molecule has 82 valence electrons. The van der Waals surface area contributed by atoms with E-state index in [4.69, 9.17) is 0 Å². The van der Waals surface area contributed by atoms with Crippen LogP contribution in [0, 0.1) is 35.5 Å². The first kappa shape index (κ1) is 10.5. The zero-order valence-corrected chi connectivity index (χ0v) is 10.3. The predicted molar refractivity (Wildman–Crippen MR) is 62.1 cm³/mol. The molecule has 0 aliphatic heterocycles. The predicted octanol–water partition coefficient (Wildman–Crippen LogP) is 4.35. The number of rotatable bonds is 1. The van der Waals surface area contributed by atoms with Crippen LogP contribution in [-0.2, 0) is 0 Å². The summed E-state index contributed by atoms with van der Waals surface area (Å²) in [5, 5.41) is 0. The van der Waals surface area contributed by atoms with Crippen LogP contribution in [0.2, 0.25) is 0 Å². The molecule has 0 amide bonds. The minimum atomic E-state index is 0.913. The molecule has 0 nitrogen and oxygen atoms in total. The highest BCUT2D eigenvalue weighted by Crippen LogP contribution is 2.53. The van der Waals surface area contributed by atoms with E-state index in [0.717, 1.165) is 35.5 Å². The lowest BCUT2D eigenvalue weighted by Crippen LogP contribution is -2.32. The Kier molecular flexibility index (Phi) is 2.91. The van der Waals surface area contributed by atoms with Crippen LogP contribution in [0.4, 0.5) is 0 Å². The Morgan fingerprint density at radius 1 is 1.00 bits per heavy atom. The van der Waals surface area contributed by atoms with Crippen LogP contribution in [0.5, 0.6) is 0 Å². The molecule has 2 aliphatic rings. The van der Waals surface area contributed by atoms with E-state index in [2.05, 4.69) is 27.7 Å². The van der Waals surface area contributed by atoms with Crippen molar-refractivity contribution in [3.63, 3.8) is 0 Å². The summed E-state index contributed by atoms with van der Waals surface area (Å²) in [6.07, 6.45) is 6.04. The molecule has 0 saturated heterocycles. The van der Waals surface area contributed by atoms with Gasteiger partial charge in [-0.3, -0.25) is 0 Å². The van der Waals surface area contributed by atoms with Gasteiger partial charge in [0.25, 0.3) is 0 Å². The van der Waals surface area contributed by atoms with E-state index in [-0.39, 0.29) is 0 Å². The van der Waals surface area contributed by atoms with Crippen LogP contribution < -0.4 is 0 Å². The van der Waals surface area contributed by atoms with Crippen LogP contribution in [0.25, 0.3) is 0 Å². The third kappa shape index (κ3) is 1.61. The summed E-state index contributed by atoms with van der Waals surface area (Å²) in [4.78, 5) is 0. The molecule has 0 aromatic heterocycles. The van der Waals surface area contributed by atoms with Crippen LogP contribution in [-0.4, -0.2) is 0 Å². The normalized spacial score (nSPS) is 48.2. The van der Waals surface area contributed by atoms with E-state index in [0.29, 0.717) is 0 Å². The summed E-state index contributed by atoms with van der Waals surface area (Å²) in [6, 6.07) is 0. The van der Waals surface area contributed by atoms with Gasteiger partial charge in [-0.15, -0.1) is 0 Å². The monoisotopic (exact) mass is 194 g/mol. The Labute approximate surface area is 89.5 Å². The Bertz CT molecular complexity index is 194. The fourth-order valence-corrected chi connectivity index (χ4v) is 4.50. The van der Waals surface area contributed by atoms with Crippen molar-refractivity contribution in [1.82, 2.24) is 0 Å². The van der Waals surface area contributed by atoms with Gasteiger partial charge in [0.2, 0.25) is 0 Å². The lowest BCUT2D eigenvalue weighted by molar-refractivity contribution is 0.0983. The molecule has 0 heteroatoms. The van der Waals surface area contributed by atoms with E-state index in [9.17, 15) is 0 Å². The van der Waals surface area contributed by atoms with Crippen molar-refractivity contribution in [2.75, 3.05) is 0 Å². The summed E-state index contributed by atoms with van der Waals surface area (Å²) >= 11 is 0. The standard InChI is InChI=1S/C14H26/c1-9(2)12-6-5-7-13-10(3)8-11(4)14(12)13/h9-14H,5-8H2,1-4H3. The van der Waals surface area contributed by atoms with Gasteiger partial charge in [-0.05, 0) is 54.8 Å². The van der Waals surface area contributed by atoms with Crippen molar-refractivity contribution < 1.29 is 0 Å². The third-order valence-corrected chi connectivity index (χ3v) is 5.05. The summed E-state index contributed by atoms with van der Waals surface area (Å²) in [5.74, 6) is 6.10. The highest BCUT2D eigenvalue weighted by Gasteiger charge is 2.45. The van der Waals surface area contributed by atoms with Gasteiger partial charge < -0.3 is 0 Å². The molecule has 5 unspecified atom stereocenters. The average Bonchev–Trinajstić information content (AvgIpc) is 2.43. The Balaban J connectivity index is 2.15. The van der Waals surface area contributed by atoms with Gasteiger partial charge >= 0.3 is 0 Å². The van der Waals surface area contributed by atoms with Gasteiger partial charge in [0, 0.05) is 0 Å². The highest BCUT2D eigenvalue weighted by atomic mass is 14.5. The largest absolute Gasteiger partial charge is 0.0625 e. The minimum Gasteiger partial charge on any atom is -0.0625 e. The molecule has 0 spiro atoms. The van der Waals surface area contributed by atoms with Crippen molar-refractivity contribution in [2.24, 2.45) is 35.5 Å². The van der Waals surface area contributed by atoms with E-state index in [1.54, 1.807) is 0 Å². The molecular formula is C14H26. The van der Waals surface area contributed by atoms with Gasteiger partial charge in [0.15, 0.2) is 0 Å². The van der Waals surface area contributed by atoms with E-state index in [1.807, 2.05) is 0 Å². The summed E-state index contributed by atoms with van der Waals surface area (Å²) < 4.78 is 0. The van der Waals surface area contributed by atoms with Crippen LogP contribution in [0.3, 0.4) is 0 Å². The van der Waals surface area contributed by atoms with Crippen LogP contribution in [0.1, 0.15) is 53.4 Å². The quantitative estimate of drug-likeness (QED) is 0.582. The average molecular weight is 194 g/mol. The Morgan fingerprint density at radius 2 is 1.71 bits per heavy atom. The van der Waals surface area contributed by atoms with Crippen molar-refractivity contribution >= 4 is 0 Å². The van der Waals surface area contributed by atoms with Gasteiger partial charge in [0.1, 0.15) is 0 Å². The Hall–Kier alpha value is 0. The zero-order valence-electron chi connectivity index (χ0n) is 10.3. The van der Waals surface area contributed by atoms with E-state index in [1.165, 1.54) is 25.7 Å². The smallest absolute Gasteiger partial charge is 0.0327 e.